The highest BCUT2D eigenvalue weighted by Crippen LogP contribution is 2.70. The van der Waals surface area contributed by atoms with E-state index in [1.807, 2.05) is 0 Å². The topological polar surface area (TPSA) is 52.1 Å². The van der Waals surface area contributed by atoms with Crippen LogP contribution in [-0.4, -0.2) is 23.0 Å². The summed E-state index contributed by atoms with van der Waals surface area (Å²) in [7, 11) is 1.48. The van der Waals surface area contributed by atoms with Gasteiger partial charge in [0.2, 0.25) is 0 Å². The van der Waals surface area contributed by atoms with Crippen LogP contribution in [-0.2, 0) is 20.4 Å². The Balaban J connectivity index is 2.11. The van der Waals surface area contributed by atoms with Crippen molar-refractivity contribution in [3.05, 3.63) is 34.6 Å². The molecule has 0 N–H and O–H groups in total. The molecule has 0 radical (unpaired) electrons. The van der Waals surface area contributed by atoms with E-state index in [9.17, 15) is 4.79 Å². The average Bonchev–Trinajstić information content (AvgIpc) is 2.83. The Kier molecular flexibility index (Phi) is 2.82. The molecule has 24 heavy (non-hydrogen) atoms. The summed E-state index contributed by atoms with van der Waals surface area (Å²) >= 11 is 0. The summed E-state index contributed by atoms with van der Waals surface area (Å²) in [4.78, 5) is 22.8. The van der Waals surface area contributed by atoms with Crippen LogP contribution in [0, 0.1) is 19.3 Å². The molecule has 1 heterocycles. The Hall–Kier alpha value is -1.97. The molecule has 2 aliphatic rings. The highest BCUT2D eigenvalue weighted by Gasteiger charge is 2.73. The third-order valence-corrected chi connectivity index (χ3v) is 7.19. The van der Waals surface area contributed by atoms with Gasteiger partial charge < -0.3 is 4.74 Å². The maximum absolute atomic E-state index is 12.9. The monoisotopic (exact) mass is 324 g/mol. The van der Waals surface area contributed by atoms with Crippen LogP contribution in [0.2, 0.25) is 0 Å². The largest absolute Gasteiger partial charge is 0.468 e. The Morgan fingerprint density at radius 1 is 1.00 bits per heavy atom. The number of benzene rings is 1. The lowest BCUT2D eigenvalue weighted by Gasteiger charge is -2.38. The lowest BCUT2D eigenvalue weighted by molar-refractivity contribution is -0.151. The first-order valence-electron chi connectivity index (χ1n) is 8.57. The van der Waals surface area contributed by atoms with Gasteiger partial charge in [-0.1, -0.05) is 20.8 Å². The van der Waals surface area contributed by atoms with Gasteiger partial charge in [-0.05, 0) is 55.4 Å². The third kappa shape index (κ3) is 1.44. The van der Waals surface area contributed by atoms with Crippen molar-refractivity contribution in [1.82, 2.24) is 9.97 Å². The standard InChI is InChI=1S/C20H24N2O2/c1-11-9-13-14(10-12(11)2)22-16-15(21-13)19(5)7-8-20(16,17(23)24-6)18(19,3)4/h9-10H,7-8H2,1-6H3. The van der Waals surface area contributed by atoms with Crippen molar-refractivity contribution in [2.24, 2.45) is 5.41 Å². The number of methoxy groups -OCH3 is 1. The van der Waals surface area contributed by atoms with Crippen molar-refractivity contribution in [3.63, 3.8) is 0 Å². The molecule has 0 amide bonds. The van der Waals surface area contributed by atoms with E-state index in [0.717, 1.165) is 35.3 Å². The second-order valence-electron chi connectivity index (χ2n) is 8.20. The first kappa shape index (κ1) is 15.6. The average molecular weight is 324 g/mol. The van der Waals surface area contributed by atoms with Crippen LogP contribution < -0.4 is 0 Å². The molecule has 1 aromatic carbocycles. The zero-order chi connectivity index (χ0) is 17.5. The number of esters is 1. The van der Waals surface area contributed by atoms with E-state index in [2.05, 4.69) is 46.8 Å². The number of hydrogen-bond acceptors (Lipinski definition) is 4. The summed E-state index contributed by atoms with van der Waals surface area (Å²) in [5.74, 6) is -0.174. The zero-order valence-corrected chi connectivity index (χ0v) is 15.3. The molecule has 1 fully saturated rings. The van der Waals surface area contributed by atoms with Gasteiger partial charge in [0.25, 0.3) is 0 Å². The summed E-state index contributed by atoms with van der Waals surface area (Å²) in [5, 5.41) is 0. The molecule has 4 heteroatoms. The van der Waals surface area contributed by atoms with Gasteiger partial charge in [0.15, 0.2) is 0 Å². The van der Waals surface area contributed by atoms with E-state index >= 15 is 0 Å². The van der Waals surface area contributed by atoms with Gasteiger partial charge in [-0.2, -0.15) is 0 Å². The molecule has 2 unspecified atom stereocenters. The van der Waals surface area contributed by atoms with Gasteiger partial charge in [0.05, 0.1) is 29.5 Å². The predicted molar refractivity (Wildman–Crippen MR) is 93.1 cm³/mol. The van der Waals surface area contributed by atoms with Crippen LogP contribution in [0.5, 0.6) is 0 Å². The number of rotatable bonds is 1. The van der Waals surface area contributed by atoms with Crippen molar-refractivity contribution in [2.45, 2.75) is 58.3 Å². The molecule has 0 aliphatic heterocycles. The molecule has 2 bridgehead atoms. The fraction of sp³-hybridized carbons (Fsp3) is 0.550. The van der Waals surface area contributed by atoms with Crippen LogP contribution >= 0.6 is 0 Å². The number of aromatic nitrogens is 2. The molecule has 1 saturated carbocycles. The van der Waals surface area contributed by atoms with Crippen LogP contribution in [0.15, 0.2) is 12.1 Å². The van der Waals surface area contributed by atoms with E-state index < -0.39 is 5.41 Å². The molecule has 4 rings (SSSR count). The van der Waals surface area contributed by atoms with Gasteiger partial charge >= 0.3 is 5.97 Å². The Morgan fingerprint density at radius 3 is 2.08 bits per heavy atom. The second kappa shape index (κ2) is 4.35. The van der Waals surface area contributed by atoms with Crippen molar-refractivity contribution in [3.8, 4) is 0 Å². The van der Waals surface area contributed by atoms with E-state index in [4.69, 9.17) is 14.7 Å². The maximum Gasteiger partial charge on any atom is 0.318 e. The molecule has 2 atom stereocenters. The van der Waals surface area contributed by atoms with Gasteiger partial charge in [-0.25, -0.2) is 9.97 Å². The van der Waals surface area contributed by atoms with Crippen molar-refractivity contribution < 1.29 is 9.53 Å². The summed E-state index contributed by atoms with van der Waals surface area (Å²) in [6, 6.07) is 4.18. The minimum atomic E-state index is -0.689. The van der Waals surface area contributed by atoms with Gasteiger partial charge in [-0.15, -0.1) is 0 Å². The quantitative estimate of drug-likeness (QED) is 0.750. The Morgan fingerprint density at radius 2 is 1.54 bits per heavy atom. The number of carbonyl (C=O) groups excluding carboxylic acids is 1. The fourth-order valence-corrected chi connectivity index (χ4v) is 4.98. The highest BCUT2D eigenvalue weighted by atomic mass is 16.5. The minimum absolute atomic E-state index is 0.156. The maximum atomic E-state index is 12.9. The SMILES string of the molecule is COC(=O)C12CCC(C)(c3nc4cc(C)c(C)cc4nc31)C2(C)C. The van der Waals surface area contributed by atoms with Crippen LogP contribution in [0.25, 0.3) is 11.0 Å². The molecule has 126 valence electrons. The molecule has 0 spiro atoms. The van der Waals surface area contributed by atoms with E-state index in [1.165, 1.54) is 18.2 Å². The number of carbonyl (C=O) groups is 1. The van der Waals surface area contributed by atoms with Crippen LogP contribution in [0.3, 0.4) is 0 Å². The van der Waals surface area contributed by atoms with Crippen LogP contribution in [0.4, 0.5) is 0 Å². The summed E-state index contributed by atoms with van der Waals surface area (Å²) < 4.78 is 5.24. The summed E-state index contributed by atoms with van der Waals surface area (Å²) in [5.41, 5.74) is 4.90. The first-order valence-corrected chi connectivity index (χ1v) is 8.57. The molecular weight excluding hydrogens is 300 g/mol. The van der Waals surface area contributed by atoms with Gasteiger partial charge in [-0.3, -0.25) is 4.79 Å². The normalized spacial score (nSPS) is 29.8. The molecule has 1 aromatic heterocycles. The van der Waals surface area contributed by atoms with Gasteiger partial charge in [0.1, 0.15) is 5.41 Å². The lowest BCUT2D eigenvalue weighted by Crippen LogP contribution is -2.46. The number of nitrogens with zero attached hydrogens (tertiary/aromatic N) is 2. The van der Waals surface area contributed by atoms with E-state index in [0.29, 0.717) is 0 Å². The lowest BCUT2D eigenvalue weighted by atomic mass is 9.64. The fourth-order valence-electron chi connectivity index (χ4n) is 4.98. The Labute approximate surface area is 142 Å². The van der Waals surface area contributed by atoms with Crippen LogP contribution in [0.1, 0.15) is 56.1 Å². The third-order valence-electron chi connectivity index (χ3n) is 7.19. The zero-order valence-electron chi connectivity index (χ0n) is 15.3. The van der Waals surface area contributed by atoms with Crippen molar-refractivity contribution in [1.29, 1.82) is 0 Å². The minimum Gasteiger partial charge on any atom is -0.468 e. The second-order valence-corrected chi connectivity index (χ2v) is 8.20. The summed E-state index contributed by atoms with van der Waals surface area (Å²) in [6.07, 6.45) is 1.72. The smallest absolute Gasteiger partial charge is 0.318 e. The number of aryl methyl sites for hydroxylation is 2. The number of hydrogen-bond donors (Lipinski definition) is 0. The molecule has 0 saturated heterocycles. The number of ether oxygens (including phenoxy) is 1. The highest BCUT2D eigenvalue weighted by molar-refractivity contribution is 5.89. The first-order chi connectivity index (χ1) is 11.2. The van der Waals surface area contributed by atoms with Crippen molar-refractivity contribution >= 4 is 17.0 Å². The molecule has 2 aromatic rings. The molecule has 4 nitrogen and oxygen atoms in total. The summed E-state index contributed by atoms with van der Waals surface area (Å²) in [6.45, 7) is 10.7. The molecular formula is C20H24N2O2. The number of fused-ring (bicyclic) bond motifs is 6. The van der Waals surface area contributed by atoms with Crippen molar-refractivity contribution in [2.75, 3.05) is 7.11 Å². The molecule has 2 aliphatic carbocycles. The Bertz CT molecular complexity index is 902. The van der Waals surface area contributed by atoms with E-state index in [-0.39, 0.29) is 16.8 Å². The predicted octanol–water partition coefficient (Wildman–Crippen LogP) is 3.75. The van der Waals surface area contributed by atoms with Gasteiger partial charge in [0, 0.05) is 5.41 Å². The van der Waals surface area contributed by atoms with E-state index in [1.54, 1.807) is 0 Å².